The first-order valence-corrected chi connectivity index (χ1v) is 0. The molecule has 1 unspecified atom stereocenters. The molecule has 1 atom stereocenters. The van der Waals surface area contributed by atoms with Gasteiger partial charge in [-0.15, -0.1) is 0 Å². The molecule has 7 heavy (non-hydrogen) atoms. The largest absolute Gasteiger partial charge is 2.00 e. The molecule has 0 spiro atoms. The monoisotopic (exact) mass is 384 g/mol. The zero-order chi connectivity index (χ0) is 0. The van der Waals surface area contributed by atoms with Gasteiger partial charge < -0.3 is 2.85 Å². The third kappa shape index (κ3) is 36.9. The van der Waals surface area contributed by atoms with Crippen molar-refractivity contribution in [3.05, 3.63) is 0 Å². The van der Waals surface area contributed by atoms with Gasteiger partial charge in [0.25, 0.3) is 0 Å². The minimum absolute atomic E-state index is 0. The van der Waals surface area contributed by atoms with Crippen LogP contribution in [0.4, 0.5) is 0 Å². The van der Waals surface area contributed by atoms with Crippen LogP contribution in [0, 0.1) is 35.6 Å². The van der Waals surface area contributed by atoms with E-state index in [0.717, 1.165) is 0 Å². The van der Waals surface area contributed by atoms with Crippen LogP contribution >= 0.6 is 9.90 Å². The molecule has 0 rings (SSSR count). The van der Waals surface area contributed by atoms with E-state index in [1.807, 2.05) is 0 Å². The number of rotatable bonds is 0. The Morgan fingerprint density at radius 1 is 1.14 bits per heavy atom. The van der Waals surface area contributed by atoms with E-state index in [1.165, 1.54) is 0 Å². The molecule has 0 heterocycles. The van der Waals surface area contributed by atoms with E-state index in [-0.39, 0.29) is 152 Å². The van der Waals surface area contributed by atoms with Gasteiger partial charge in [-0.2, -0.15) is 9.90 Å². The maximum absolute atomic E-state index is 0. The molecule has 0 aromatic carbocycles. The van der Waals surface area contributed by atoms with Crippen molar-refractivity contribution in [2.45, 2.75) is 0 Å². The Balaban J connectivity index is 0. The summed E-state index contributed by atoms with van der Waals surface area (Å²) in [5, 5.41) is 0. The van der Waals surface area contributed by atoms with Crippen LogP contribution < -0.4 is 0 Å². The van der Waals surface area contributed by atoms with Gasteiger partial charge in [-0.05, 0) is 11.0 Å². The minimum atomic E-state index is 0. The van der Waals surface area contributed by atoms with Gasteiger partial charge in [0.15, 0.2) is 17.4 Å². The summed E-state index contributed by atoms with van der Waals surface area (Å²) in [6, 6.07) is 0. The van der Waals surface area contributed by atoms with Gasteiger partial charge in [0.2, 0.25) is 0 Å². The summed E-state index contributed by atoms with van der Waals surface area (Å²) < 4.78 is 0. The molecule has 0 fully saturated rings. The zero-order valence-electron chi connectivity index (χ0n) is 5.07. The van der Waals surface area contributed by atoms with Gasteiger partial charge in [0, 0.05) is 65.7 Å². The average Bonchev–Trinajstić information content (AvgIpc) is 0. The quantitative estimate of drug-likeness (QED) is 0.307. The molecule has 0 nitrogen and oxygen atoms in total. The molecule has 0 aliphatic rings. The summed E-state index contributed by atoms with van der Waals surface area (Å²) in [6.45, 7) is 0. The summed E-state index contributed by atoms with van der Waals surface area (Å²) in [4.78, 5) is 0. The van der Waals surface area contributed by atoms with E-state index in [1.54, 1.807) is 0 Å². The van der Waals surface area contributed by atoms with Crippen molar-refractivity contribution in [2.75, 3.05) is 0 Å². The standard InChI is InChI=1S/Al.B.La.H3P.H4Si.Sr.Ti.5H/h;;;1H3;1H4;;;;;;;/q;;;;;+2;;;;;2*-1. The molecule has 0 bridgehead atoms. The predicted octanol–water partition coefficient (Wildman–Crippen LogP) is -3.12. The van der Waals surface area contributed by atoms with Crippen LogP contribution in [0.25, 0.3) is 0 Å². The summed E-state index contributed by atoms with van der Waals surface area (Å²) >= 11 is 0. The van der Waals surface area contributed by atoms with Gasteiger partial charge in [0.1, 0.15) is 0 Å². The molecule has 0 N–H and O–H groups in total. The van der Waals surface area contributed by atoms with Crippen molar-refractivity contribution in [1.29, 1.82) is 0 Å². The Bertz CT molecular complexity index is 26.5. The molecular formula is H12AlBLaPSiSrTi. The van der Waals surface area contributed by atoms with E-state index >= 15 is 0 Å². The number of hydrogen-bond acceptors (Lipinski definition) is 0. The van der Waals surface area contributed by atoms with E-state index in [2.05, 4.69) is 0 Å². The fraction of sp³-hybridized carbons (Fsp3) is 0. The van der Waals surface area contributed by atoms with Gasteiger partial charge >= 0.3 is 45.5 Å². The van der Waals surface area contributed by atoms with Crippen molar-refractivity contribution in [2.24, 2.45) is 0 Å². The topological polar surface area (TPSA) is 0 Å². The first kappa shape index (κ1) is 61.3. The van der Waals surface area contributed by atoms with Crippen LogP contribution in [0.15, 0.2) is 0 Å². The maximum Gasteiger partial charge on any atom is 2.00 e. The van der Waals surface area contributed by atoms with Crippen molar-refractivity contribution < 1.29 is 60.2 Å². The molecule has 0 aromatic rings. The Morgan fingerprint density at radius 3 is 1.14 bits per heavy atom. The van der Waals surface area contributed by atoms with Crippen LogP contribution in [-0.2, 0) is 21.7 Å². The first-order chi connectivity index (χ1) is 0. The van der Waals surface area contributed by atoms with E-state index < -0.39 is 0 Å². The second-order valence-corrected chi connectivity index (χ2v) is 0. The Hall–Kier alpha value is 4.63. The fourth-order valence-corrected chi connectivity index (χ4v) is 0. The predicted molar refractivity (Wildman–Crippen MR) is 46.1 cm³/mol. The van der Waals surface area contributed by atoms with Gasteiger partial charge in [0.05, 0.1) is 0 Å². The number of hydrogen-bond donors (Lipinski definition) is 0. The fourth-order valence-electron chi connectivity index (χ4n) is 0. The Kier molecular flexibility index (Phi) is 402. The summed E-state index contributed by atoms with van der Waals surface area (Å²) in [5.74, 6) is 0. The second kappa shape index (κ2) is 46.0. The van der Waals surface area contributed by atoms with Crippen LogP contribution in [-0.4, -0.2) is 82.2 Å². The minimum Gasteiger partial charge on any atom is -1.00 e. The first-order valence-electron chi connectivity index (χ1n) is 0. The zero-order valence-corrected chi connectivity index (χ0v) is 13.1. The van der Waals surface area contributed by atoms with Gasteiger partial charge in [-0.3, -0.25) is 0 Å². The average molecular weight is 383 g/mol. The van der Waals surface area contributed by atoms with Crippen molar-refractivity contribution in [3.63, 3.8) is 0 Å². The molecule has 0 aromatic heterocycles. The van der Waals surface area contributed by atoms with Crippen molar-refractivity contribution >= 4 is 92.1 Å². The van der Waals surface area contributed by atoms with E-state index in [4.69, 9.17) is 0 Å². The normalized spacial score (nSPS) is 0. The van der Waals surface area contributed by atoms with Crippen molar-refractivity contribution in [1.82, 2.24) is 0 Å². The molecule has 0 aliphatic heterocycles. The second-order valence-electron chi connectivity index (χ2n) is 0. The van der Waals surface area contributed by atoms with Crippen LogP contribution in [0.5, 0.6) is 0 Å². The third-order valence-corrected chi connectivity index (χ3v) is 0. The summed E-state index contributed by atoms with van der Waals surface area (Å²) in [5.41, 5.74) is 0. The molecule has 0 amide bonds. The Labute approximate surface area is 149 Å². The Morgan fingerprint density at radius 2 is 1.14 bits per heavy atom. The van der Waals surface area contributed by atoms with Crippen LogP contribution in [0.2, 0.25) is 0 Å². The summed E-state index contributed by atoms with van der Waals surface area (Å²) in [6.07, 6.45) is 0. The smallest absolute Gasteiger partial charge is 1.00 e. The SMILES string of the molecule is P.[AlH3].[B].[H-].[H-].[La].[SiH4].[Sr+2].[Ti]. The van der Waals surface area contributed by atoms with E-state index in [9.17, 15) is 0 Å². The summed E-state index contributed by atoms with van der Waals surface area (Å²) in [7, 11) is 0. The molecule has 4 radical (unpaired) electrons. The van der Waals surface area contributed by atoms with Gasteiger partial charge in [-0.1, -0.05) is 0 Å². The van der Waals surface area contributed by atoms with Crippen molar-refractivity contribution in [3.8, 4) is 0 Å². The molecule has 7 heteroatoms. The van der Waals surface area contributed by atoms with Crippen LogP contribution in [0.1, 0.15) is 2.85 Å². The van der Waals surface area contributed by atoms with Crippen LogP contribution in [0.3, 0.4) is 0 Å². The molecule has 0 saturated heterocycles. The third-order valence-electron chi connectivity index (χ3n) is 0. The van der Waals surface area contributed by atoms with Gasteiger partial charge in [-0.25, -0.2) is 0 Å². The maximum atomic E-state index is 0. The molecule has 36 valence electrons. The molecule has 0 saturated carbocycles. The molecule has 0 aliphatic carbocycles. The molecular weight excluding hydrogens is 371 g/mol. The van der Waals surface area contributed by atoms with E-state index in [0.29, 0.717) is 0 Å².